The largest absolute Gasteiger partial charge is 0.375 e. The number of para-hydroxylation sites is 2. The first-order valence-corrected chi connectivity index (χ1v) is 7.65. The molecule has 3 nitrogen and oxygen atoms in total. The number of nitrogens with one attached hydrogen (secondary N) is 2. The molecule has 2 N–H and O–H groups in total. The molecule has 4 heteroatoms. The predicted molar refractivity (Wildman–Crippen MR) is 86.5 cm³/mol. The maximum atomic E-state index is 12.0. The molecule has 2 rings (SSSR count). The molecule has 2 aromatic carbocycles. The summed E-state index contributed by atoms with van der Waals surface area (Å²) in [4.78, 5) is 13.1. The number of thioether (sulfide) groups is 1. The van der Waals surface area contributed by atoms with Crippen molar-refractivity contribution in [2.45, 2.75) is 11.8 Å². The van der Waals surface area contributed by atoms with E-state index in [1.165, 1.54) is 0 Å². The number of carbonyl (C=O) groups excluding carboxylic acids is 1. The van der Waals surface area contributed by atoms with Crippen LogP contribution in [0.2, 0.25) is 0 Å². The van der Waals surface area contributed by atoms with Crippen LogP contribution in [-0.2, 0) is 4.79 Å². The summed E-state index contributed by atoms with van der Waals surface area (Å²) in [5.74, 6) is -0.0461. The molecule has 0 saturated carbocycles. The highest BCUT2D eigenvalue weighted by atomic mass is 32.2. The van der Waals surface area contributed by atoms with Crippen LogP contribution in [0.4, 0.5) is 11.4 Å². The number of rotatable bonds is 5. The van der Waals surface area contributed by atoms with Crippen LogP contribution < -0.4 is 10.6 Å². The predicted octanol–water partition coefficient (Wildman–Crippen LogP) is 3.77. The van der Waals surface area contributed by atoms with Gasteiger partial charge in [-0.1, -0.05) is 30.3 Å². The highest BCUT2D eigenvalue weighted by Crippen LogP contribution is 2.24. The molecule has 0 heterocycles. The lowest BCUT2D eigenvalue weighted by atomic mass is 10.2. The molecule has 20 heavy (non-hydrogen) atoms. The SMILES string of the molecule is CSc1ccccc1NCC(=O)Nc1ccccc1C. The number of amides is 1. The van der Waals surface area contributed by atoms with Gasteiger partial charge in [-0.15, -0.1) is 11.8 Å². The molecule has 0 spiro atoms. The standard InChI is InChI=1S/C16H18N2OS/c1-12-7-3-4-8-13(12)18-16(19)11-17-14-9-5-6-10-15(14)20-2/h3-10,17H,11H2,1-2H3,(H,18,19). The van der Waals surface area contributed by atoms with Gasteiger partial charge in [0.25, 0.3) is 0 Å². The fourth-order valence-electron chi connectivity index (χ4n) is 1.87. The van der Waals surface area contributed by atoms with Crippen LogP contribution in [0.1, 0.15) is 5.56 Å². The van der Waals surface area contributed by atoms with E-state index in [0.29, 0.717) is 0 Å². The molecular formula is C16H18N2OS. The maximum Gasteiger partial charge on any atom is 0.243 e. The lowest BCUT2D eigenvalue weighted by molar-refractivity contribution is -0.114. The first-order chi connectivity index (χ1) is 9.70. The van der Waals surface area contributed by atoms with Crippen molar-refractivity contribution in [3.8, 4) is 0 Å². The van der Waals surface area contributed by atoms with E-state index in [-0.39, 0.29) is 12.5 Å². The smallest absolute Gasteiger partial charge is 0.243 e. The van der Waals surface area contributed by atoms with Crippen LogP contribution in [0.5, 0.6) is 0 Å². The van der Waals surface area contributed by atoms with E-state index in [1.54, 1.807) is 11.8 Å². The van der Waals surface area contributed by atoms with Gasteiger partial charge in [-0.3, -0.25) is 4.79 Å². The van der Waals surface area contributed by atoms with E-state index in [4.69, 9.17) is 0 Å². The monoisotopic (exact) mass is 286 g/mol. The number of hydrogen-bond donors (Lipinski definition) is 2. The van der Waals surface area contributed by atoms with Gasteiger partial charge in [-0.25, -0.2) is 0 Å². The van der Waals surface area contributed by atoms with Gasteiger partial charge in [0, 0.05) is 16.3 Å². The first kappa shape index (κ1) is 14.5. The van der Waals surface area contributed by atoms with Crippen molar-refractivity contribution in [1.82, 2.24) is 0 Å². The molecule has 0 aliphatic heterocycles. The third-order valence-corrected chi connectivity index (χ3v) is 3.76. The lowest BCUT2D eigenvalue weighted by Gasteiger charge is -2.11. The fourth-order valence-corrected chi connectivity index (χ4v) is 2.45. The van der Waals surface area contributed by atoms with Crippen molar-refractivity contribution in [2.75, 3.05) is 23.4 Å². The lowest BCUT2D eigenvalue weighted by Crippen LogP contribution is -2.22. The normalized spacial score (nSPS) is 10.1. The molecule has 104 valence electrons. The molecule has 1 amide bonds. The third-order valence-electron chi connectivity index (χ3n) is 2.97. The molecule has 0 radical (unpaired) electrons. The fraction of sp³-hybridized carbons (Fsp3) is 0.188. The van der Waals surface area contributed by atoms with Gasteiger partial charge in [0.05, 0.1) is 6.54 Å². The molecule has 0 aromatic heterocycles. The zero-order valence-corrected chi connectivity index (χ0v) is 12.5. The van der Waals surface area contributed by atoms with Crippen molar-refractivity contribution in [2.24, 2.45) is 0 Å². The second kappa shape index (κ2) is 7.01. The minimum absolute atomic E-state index is 0.0461. The Morgan fingerprint density at radius 3 is 2.40 bits per heavy atom. The molecule has 0 aliphatic rings. The van der Waals surface area contributed by atoms with E-state index in [9.17, 15) is 4.79 Å². The Bertz CT molecular complexity index is 599. The molecule has 0 atom stereocenters. The number of carbonyl (C=O) groups is 1. The number of benzene rings is 2. The highest BCUT2D eigenvalue weighted by molar-refractivity contribution is 7.98. The molecule has 0 aliphatic carbocycles. The zero-order chi connectivity index (χ0) is 14.4. The van der Waals surface area contributed by atoms with Crippen LogP contribution >= 0.6 is 11.8 Å². The van der Waals surface area contributed by atoms with Crippen molar-refractivity contribution in [3.05, 3.63) is 54.1 Å². The molecule has 0 fully saturated rings. The van der Waals surface area contributed by atoms with Crippen LogP contribution in [0.3, 0.4) is 0 Å². The average Bonchev–Trinajstić information content (AvgIpc) is 2.48. The Kier molecular flexibility index (Phi) is 5.07. The van der Waals surface area contributed by atoms with Crippen molar-refractivity contribution < 1.29 is 4.79 Å². The van der Waals surface area contributed by atoms with Gasteiger partial charge in [-0.2, -0.15) is 0 Å². The summed E-state index contributed by atoms with van der Waals surface area (Å²) >= 11 is 1.66. The summed E-state index contributed by atoms with van der Waals surface area (Å²) in [6.45, 7) is 2.23. The molecule has 2 aromatic rings. The highest BCUT2D eigenvalue weighted by Gasteiger charge is 2.05. The van der Waals surface area contributed by atoms with Crippen molar-refractivity contribution in [1.29, 1.82) is 0 Å². The van der Waals surface area contributed by atoms with Crippen LogP contribution in [0, 0.1) is 6.92 Å². The minimum Gasteiger partial charge on any atom is -0.375 e. The Hall–Kier alpha value is -1.94. The quantitative estimate of drug-likeness (QED) is 0.822. The van der Waals surface area contributed by atoms with Gasteiger partial charge in [0.2, 0.25) is 5.91 Å². The topological polar surface area (TPSA) is 41.1 Å². The van der Waals surface area contributed by atoms with Crippen molar-refractivity contribution in [3.63, 3.8) is 0 Å². The summed E-state index contributed by atoms with van der Waals surface area (Å²) < 4.78 is 0. The van der Waals surface area contributed by atoms with E-state index in [2.05, 4.69) is 10.6 Å². The second-order valence-electron chi connectivity index (χ2n) is 4.42. The molecule has 0 unspecified atom stereocenters. The van der Waals surface area contributed by atoms with Gasteiger partial charge < -0.3 is 10.6 Å². The van der Waals surface area contributed by atoms with Crippen LogP contribution in [0.25, 0.3) is 0 Å². The van der Waals surface area contributed by atoms with E-state index in [0.717, 1.165) is 21.8 Å². The average molecular weight is 286 g/mol. The van der Waals surface area contributed by atoms with Gasteiger partial charge in [0.1, 0.15) is 0 Å². The van der Waals surface area contributed by atoms with Gasteiger partial charge >= 0.3 is 0 Å². The summed E-state index contributed by atoms with van der Waals surface area (Å²) in [5, 5.41) is 6.08. The van der Waals surface area contributed by atoms with Crippen molar-refractivity contribution >= 4 is 29.0 Å². The third kappa shape index (κ3) is 3.78. The Morgan fingerprint density at radius 2 is 1.70 bits per heavy atom. The number of hydrogen-bond acceptors (Lipinski definition) is 3. The molecular weight excluding hydrogens is 268 g/mol. The Morgan fingerprint density at radius 1 is 1.05 bits per heavy atom. The van der Waals surface area contributed by atoms with E-state index < -0.39 is 0 Å². The van der Waals surface area contributed by atoms with E-state index >= 15 is 0 Å². The molecule has 0 saturated heterocycles. The minimum atomic E-state index is -0.0461. The van der Waals surface area contributed by atoms with E-state index in [1.807, 2.05) is 61.7 Å². The maximum absolute atomic E-state index is 12.0. The summed E-state index contributed by atoms with van der Waals surface area (Å²) in [7, 11) is 0. The summed E-state index contributed by atoms with van der Waals surface area (Å²) in [6, 6.07) is 15.7. The summed E-state index contributed by atoms with van der Waals surface area (Å²) in [6.07, 6.45) is 2.02. The van der Waals surface area contributed by atoms with Gasteiger partial charge in [-0.05, 0) is 36.9 Å². The van der Waals surface area contributed by atoms with Crippen LogP contribution in [-0.4, -0.2) is 18.7 Å². The molecule has 0 bridgehead atoms. The van der Waals surface area contributed by atoms with Crippen LogP contribution in [0.15, 0.2) is 53.4 Å². The zero-order valence-electron chi connectivity index (χ0n) is 11.6. The Labute approximate surface area is 123 Å². The van der Waals surface area contributed by atoms with Gasteiger partial charge in [0.15, 0.2) is 0 Å². The summed E-state index contributed by atoms with van der Waals surface area (Å²) in [5.41, 5.74) is 2.91. The number of anilines is 2. The second-order valence-corrected chi connectivity index (χ2v) is 5.27. The number of aryl methyl sites for hydroxylation is 1. The Balaban J connectivity index is 1.94. The first-order valence-electron chi connectivity index (χ1n) is 6.43.